The number of hydrogen-bond donors (Lipinski definition) is 1. The lowest BCUT2D eigenvalue weighted by molar-refractivity contribution is -0.141. The van der Waals surface area contributed by atoms with Crippen molar-refractivity contribution >= 4 is 22.4 Å². The quantitative estimate of drug-likeness (QED) is 0.895. The third kappa shape index (κ3) is 4.09. The molecule has 2 rings (SSSR count). The normalized spacial score (nSPS) is 18.0. The smallest absolute Gasteiger partial charge is 0.317 e. The predicted octanol–water partition coefficient (Wildman–Crippen LogP) is 1.89. The number of halogens is 4. The van der Waals surface area contributed by atoms with E-state index >= 15 is 0 Å². The van der Waals surface area contributed by atoms with Gasteiger partial charge in [-0.05, 0) is 32.0 Å². The average molecular weight is 360 g/mol. The van der Waals surface area contributed by atoms with Crippen LogP contribution in [0.25, 0.3) is 0 Å². The molecule has 0 aliphatic carbocycles. The molecule has 0 amide bonds. The Bertz CT molecular complexity index is 585. The van der Waals surface area contributed by atoms with Crippen molar-refractivity contribution in [1.29, 1.82) is 0 Å². The van der Waals surface area contributed by atoms with Crippen LogP contribution in [-0.4, -0.2) is 43.9 Å². The Labute approximate surface area is 133 Å². The van der Waals surface area contributed by atoms with Crippen LogP contribution in [0.3, 0.4) is 0 Å². The molecule has 0 spiro atoms. The first-order valence-electron chi connectivity index (χ1n) is 6.46. The second-order valence-corrected chi connectivity index (χ2v) is 6.78. The van der Waals surface area contributed by atoms with Crippen LogP contribution in [0.5, 0.6) is 0 Å². The number of nitrogens with one attached hydrogen (secondary N) is 1. The van der Waals surface area contributed by atoms with Gasteiger partial charge in [0.1, 0.15) is 10.6 Å². The standard InChI is InChI=1S/C12H16F3N3O2S.ClH/c1-16-9-4-6-18(7-5-9)21(19,20)10-2-3-11(17-8-10)12(13,14)15;/h2-3,8-9,16H,4-7H2,1H3;1H. The molecule has 0 bridgehead atoms. The third-order valence-corrected chi connectivity index (χ3v) is 5.41. The lowest BCUT2D eigenvalue weighted by Crippen LogP contribution is -2.43. The SMILES string of the molecule is CNC1CCN(S(=O)(=O)c2ccc(C(F)(F)F)nc2)CC1.Cl. The first-order chi connectivity index (χ1) is 9.75. The van der Waals surface area contributed by atoms with Crippen LogP contribution >= 0.6 is 12.4 Å². The van der Waals surface area contributed by atoms with Gasteiger partial charge in [0.25, 0.3) is 0 Å². The Balaban J connectivity index is 0.00000242. The molecule has 0 aromatic carbocycles. The summed E-state index contributed by atoms with van der Waals surface area (Å²) in [7, 11) is -1.97. The summed E-state index contributed by atoms with van der Waals surface area (Å²) >= 11 is 0. The molecular formula is C12H17ClF3N3O2S. The number of piperidine rings is 1. The van der Waals surface area contributed by atoms with Crippen LogP contribution in [-0.2, 0) is 16.2 Å². The Morgan fingerprint density at radius 1 is 1.27 bits per heavy atom. The van der Waals surface area contributed by atoms with E-state index in [-0.39, 0.29) is 23.3 Å². The predicted molar refractivity (Wildman–Crippen MR) is 77.3 cm³/mol. The second-order valence-electron chi connectivity index (χ2n) is 4.84. The Morgan fingerprint density at radius 2 is 1.86 bits per heavy atom. The van der Waals surface area contributed by atoms with Gasteiger partial charge in [0, 0.05) is 25.3 Å². The zero-order chi connectivity index (χ0) is 15.7. The van der Waals surface area contributed by atoms with E-state index in [2.05, 4.69) is 10.3 Å². The average Bonchev–Trinajstić information content (AvgIpc) is 2.46. The van der Waals surface area contributed by atoms with Crippen LogP contribution in [0.1, 0.15) is 18.5 Å². The topological polar surface area (TPSA) is 62.3 Å². The van der Waals surface area contributed by atoms with Crippen molar-refractivity contribution in [2.24, 2.45) is 0 Å². The van der Waals surface area contributed by atoms with Gasteiger partial charge in [-0.1, -0.05) is 0 Å². The summed E-state index contributed by atoms with van der Waals surface area (Å²) in [6, 6.07) is 1.91. The van der Waals surface area contributed by atoms with Gasteiger partial charge in [0.2, 0.25) is 10.0 Å². The Morgan fingerprint density at radius 3 is 2.27 bits per heavy atom. The minimum atomic E-state index is -4.58. The number of alkyl halides is 3. The van der Waals surface area contributed by atoms with Gasteiger partial charge in [-0.15, -0.1) is 12.4 Å². The van der Waals surface area contributed by atoms with E-state index in [1.807, 2.05) is 7.05 Å². The fraction of sp³-hybridized carbons (Fsp3) is 0.583. The molecule has 0 radical (unpaired) electrons. The van der Waals surface area contributed by atoms with Crippen LogP contribution in [0.15, 0.2) is 23.2 Å². The van der Waals surface area contributed by atoms with Crippen LogP contribution in [0, 0.1) is 0 Å². The third-order valence-electron chi connectivity index (χ3n) is 3.53. The van der Waals surface area contributed by atoms with Crippen molar-refractivity contribution in [3.63, 3.8) is 0 Å². The van der Waals surface area contributed by atoms with Crippen molar-refractivity contribution in [3.05, 3.63) is 24.0 Å². The molecule has 0 unspecified atom stereocenters. The zero-order valence-corrected chi connectivity index (χ0v) is 13.4. The molecule has 5 nitrogen and oxygen atoms in total. The molecule has 10 heteroatoms. The molecule has 1 aromatic rings. The zero-order valence-electron chi connectivity index (χ0n) is 11.8. The van der Waals surface area contributed by atoms with E-state index in [9.17, 15) is 21.6 Å². The van der Waals surface area contributed by atoms with Gasteiger partial charge < -0.3 is 5.32 Å². The minimum Gasteiger partial charge on any atom is -0.317 e. The number of aromatic nitrogens is 1. The van der Waals surface area contributed by atoms with Gasteiger partial charge in [0.15, 0.2) is 0 Å². The highest BCUT2D eigenvalue weighted by Crippen LogP contribution is 2.28. The lowest BCUT2D eigenvalue weighted by atomic mass is 10.1. The molecule has 0 saturated carbocycles. The molecule has 1 saturated heterocycles. The van der Waals surface area contributed by atoms with Gasteiger partial charge >= 0.3 is 6.18 Å². The first-order valence-corrected chi connectivity index (χ1v) is 7.90. The molecule has 0 atom stereocenters. The van der Waals surface area contributed by atoms with Crippen molar-refractivity contribution < 1.29 is 21.6 Å². The number of hydrogen-bond acceptors (Lipinski definition) is 4. The highest BCUT2D eigenvalue weighted by atomic mass is 35.5. The van der Waals surface area contributed by atoms with Crippen LogP contribution in [0.2, 0.25) is 0 Å². The van der Waals surface area contributed by atoms with Gasteiger partial charge in [-0.2, -0.15) is 17.5 Å². The summed E-state index contributed by atoms with van der Waals surface area (Å²) in [5, 5.41) is 3.08. The van der Waals surface area contributed by atoms with E-state index in [1.165, 1.54) is 4.31 Å². The number of sulfonamides is 1. The maximum Gasteiger partial charge on any atom is 0.433 e. The fourth-order valence-electron chi connectivity index (χ4n) is 2.23. The highest BCUT2D eigenvalue weighted by molar-refractivity contribution is 7.89. The number of pyridine rings is 1. The van der Waals surface area contributed by atoms with Crippen molar-refractivity contribution in [2.45, 2.75) is 30.0 Å². The summed E-state index contributed by atoms with van der Waals surface area (Å²) < 4.78 is 63.2. The van der Waals surface area contributed by atoms with Crippen LogP contribution < -0.4 is 5.32 Å². The summed E-state index contributed by atoms with van der Waals surface area (Å²) in [5.74, 6) is 0. The van der Waals surface area contributed by atoms with Gasteiger partial charge in [-0.25, -0.2) is 8.42 Å². The summed E-state index contributed by atoms with van der Waals surface area (Å²) in [6.07, 6.45) is -2.47. The molecule has 22 heavy (non-hydrogen) atoms. The molecule has 1 aliphatic heterocycles. The fourth-order valence-corrected chi connectivity index (χ4v) is 3.65. The summed E-state index contributed by atoms with van der Waals surface area (Å²) in [5.41, 5.74) is -1.10. The summed E-state index contributed by atoms with van der Waals surface area (Å²) in [4.78, 5) is 2.99. The molecule has 1 aliphatic rings. The molecule has 1 fully saturated rings. The monoisotopic (exact) mass is 359 g/mol. The second kappa shape index (κ2) is 7.12. The molecular weight excluding hydrogens is 343 g/mol. The molecule has 126 valence electrons. The maximum atomic E-state index is 12.4. The molecule has 1 aromatic heterocycles. The lowest BCUT2D eigenvalue weighted by Gasteiger charge is -2.30. The highest BCUT2D eigenvalue weighted by Gasteiger charge is 2.34. The number of nitrogens with zero attached hydrogens (tertiary/aromatic N) is 2. The largest absolute Gasteiger partial charge is 0.433 e. The van der Waals surface area contributed by atoms with E-state index in [0.717, 1.165) is 12.3 Å². The number of rotatable bonds is 3. The van der Waals surface area contributed by atoms with Crippen LogP contribution in [0.4, 0.5) is 13.2 Å². The van der Waals surface area contributed by atoms with E-state index in [0.29, 0.717) is 32.0 Å². The maximum absolute atomic E-state index is 12.4. The van der Waals surface area contributed by atoms with E-state index < -0.39 is 21.9 Å². The van der Waals surface area contributed by atoms with Crippen molar-refractivity contribution in [3.8, 4) is 0 Å². The van der Waals surface area contributed by atoms with E-state index in [4.69, 9.17) is 0 Å². The van der Waals surface area contributed by atoms with Gasteiger partial charge in [0.05, 0.1) is 0 Å². The minimum absolute atomic E-state index is 0. The summed E-state index contributed by atoms with van der Waals surface area (Å²) in [6.45, 7) is 0.684. The Hall–Kier alpha value is -0.900. The molecule has 1 N–H and O–H groups in total. The molecule has 2 heterocycles. The first kappa shape index (κ1) is 19.1. The Kier molecular flexibility index (Phi) is 6.19. The van der Waals surface area contributed by atoms with Crippen molar-refractivity contribution in [1.82, 2.24) is 14.6 Å². The van der Waals surface area contributed by atoms with E-state index in [1.54, 1.807) is 0 Å². The van der Waals surface area contributed by atoms with Gasteiger partial charge in [-0.3, -0.25) is 4.98 Å². The van der Waals surface area contributed by atoms with Crippen molar-refractivity contribution in [2.75, 3.05) is 20.1 Å².